The molecule has 2 aromatic heterocycles. The molecule has 0 radical (unpaired) electrons. The van der Waals surface area contributed by atoms with Crippen LogP contribution in [0.2, 0.25) is 0 Å². The molecule has 2 aromatic rings. The minimum atomic E-state index is 0.374. The smallest absolute Gasteiger partial charge is 0.238 e. The summed E-state index contributed by atoms with van der Waals surface area (Å²) in [7, 11) is 0. The first-order valence-corrected chi connectivity index (χ1v) is 6.86. The van der Waals surface area contributed by atoms with Gasteiger partial charge in [-0.15, -0.1) is 0 Å². The third-order valence-corrected chi connectivity index (χ3v) is 4.04. The first kappa shape index (κ1) is 12.4. The molecule has 2 heterocycles. The van der Waals surface area contributed by atoms with Gasteiger partial charge in [-0.05, 0) is 56.7 Å². The Morgan fingerprint density at radius 1 is 1.32 bits per heavy atom. The van der Waals surface area contributed by atoms with E-state index in [1.54, 1.807) is 6.26 Å². The molecule has 0 spiro atoms. The lowest BCUT2D eigenvalue weighted by Crippen LogP contribution is -2.20. The Bertz CT molecular complexity index is 538. The molecule has 0 atom stereocenters. The summed E-state index contributed by atoms with van der Waals surface area (Å²) in [6.45, 7) is 2.76. The molecule has 5 nitrogen and oxygen atoms in total. The molecule has 1 fully saturated rings. The Morgan fingerprint density at radius 2 is 2.11 bits per heavy atom. The number of rotatable bonds is 3. The van der Waals surface area contributed by atoms with Crippen molar-refractivity contribution in [1.29, 1.82) is 0 Å². The fourth-order valence-corrected chi connectivity index (χ4v) is 2.74. The second-order valence-electron chi connectivity index (χ2n) is 5.34. The van der Waals surface area contributed by atoms with E-state index < -0.39 is 0 Å². The molecule has 1 aliphatic rings. The normalized spacial score (nSPS) is 23.7. The summed E-state index contributed by atoms with van der Waals surface area (Å²) in [5.41, 5.74) is 6.74. The van der Waals surface area contributed by atoms with Crippen molar-refractivity contribution in [3.05, 3.63) is 23.8 Å². The van der Waals surface area contributed by atoms with Gasteiger partial charge in [0.2, 0.25) is 11.7 Å². The molecule has 0 saturated heterocycles. The Balaban J connectivity index is 1.74. The maximum absolute atomic E-state index is 5.71. The number of nitrogens with zero attached hydrogens (tertiary/aromatic N) is 2. The third-order valence-electron chi connectivity index (χ3n) is 4.04. The summed E-state index contributed by atoms with van der Waals surface area (Å²) in [6.07, 6.45) is 6.12. The average Bonchev–Trinajstić information content (AvgIpc) is 3.07. The summed E-state index contributed by atoms with van der Waals surface area (Å²) in [4.78, 5) is 4.49. The molecule has 1 saturated carbocycles. The predicted molar refractivity (Wildman–Crippen MR) is 70.5 cm³/mol. The highest BCUT2D eigenvalue weighted by Crippen LogP contribution is 2.35. The van der Waals surface area contributed by atoms with Gasteiger partial charge in [0.05, 0.1) is 6.26 Å². The van der Waals surface area contributed by atoms with Crippen LogP contribution in [0.3, 0.4) is 0 Å². The minimum Gasteiger partial charge on any atom is -0.461 e. The summed E-state index contributed by atoms with van der Waals surface area (Å²) in [5.74, 6) is 3.02. The maximum Gasteiger partial charge on any atom is 0.238 e. The standard InChI is InChI=1S/C14H19N3O2/c1-9-6-7-18-12(9)13-16-14(19-17-13)11-4-2-10(8-15)3-5-11/h6-7,10-11H,2-5,8,15H2,1H3. The molecule has 102 valence electrons. The van der Waals surface area contributed by atoms with E-state index in [-0.39, 0.29) is 0 Å². The molecule has 0 aliphatic heterocycles. The van der Waals surface area contributed by atoms with Gasteiger partial charge < -0.3 is 14.7 Å². The van der Waals surface area contributed by atoms with Crippen LogP contribution in [-0.2, 0) is 0 Å². The zero-order chi connectivity index (χ0) is 13.2. The fourth-order valence-electron chi connectivity index (χ4n) is 2.74. The van der Waals surface area contributed by atoms with Crippen LogP contribution in [0.5, 0.6) is 0 Å². The molecular weight excluding hydrogens is 242 g/mol. The minimum absolute atomic E-state index is 0.374. The summed E-state index contributed by atoms with van der Waals surface area (Å²) >= 11 is 0. The molecule has 1 aliphatic carbocycles. The van der Waals surface area contributed by atoms with E-state index in [2.05, 4.69) is 10.1 Å². The highest BCUT2D eigenvalue weighted by Gasteiger charge is 2.26. The molecule has 2 N–H and O–H groups in total. The number of hydrogen-bond donors (Lipinski definition) is 1. The van der Waals surface area contributed by atoms with E-state index in [0.717, 1.165) is 43.7 Å². The zero-order valence-electron chi connectivity index (χ0n) is 11.1. The lowest BCUT2D eigenvalue weighted by atomic mass is 9.82. The van der Waals surface area contributed by atoms with Crippen LogP contribution >= 0.6 is 0 Å². The van der Waals surface area contributed by atoms with Gasteiger partial charge in [-0.3, -0.25) is 0 Å². The van der Waals surface area contributed by atoms with Crippen LogP contribution in [0.1, 0.15) is 43.1 Å². The van der Waals surface area contributed by atoms with Crippen molar-refractivity contribution in [2.24, 2.45) is 11.7 Å². The first-order valence-electron chi connectivity index (χ1n) is 6.86. The number of aromatic nitrogens is 2. The quantitative estimate of drug-likeness (QED) is 0.919. The topological polar surface area (TPSA) is 78.1 Å². The molecule has 5 heteroatoms. The van der Waals surface area contributed by atoms with Crippen molar-refractivity contribution < 1.29 is 8.94 Å². The Labute approximate surface area is 112 Å². The fraction of sp³-hybridized carbons (Fsp3) is 0.571. The van der Waals surface area contributed by atoms with Crippen LogP contribution < -0.4 is 5.73 Å². The van der Waals surface area contributed by atoms with Crippen LogP contribution in [0.15, 0.2) is 21.3 Å². The molecule has 0 unspecified atom stereocenters. The van der Waals surface area contributed by atoms with Crippen molar-refractivity contribution in [2.75, 3.05) is 6.54 Å². The van der Waals surface area contributed by atoms with Gasteiger partial charge in [-0.1, -0.05) is 5.16 Å². The monoisotopic (exact) mass is 261 g/mol. The second-order valence-corrected chi connectivity index (χ2v) is 5.34. The van der Waals surface area contributed by atoms with Gasteiger partial charge in [0, 0.05) is 5.92 Å². The van der Waals surface area contributed by atoms with E-state index in [9.17, 15) is 0 Å². The van der Waals surface area contributed by atoms with Gasteiger partial charge in [0.25, 0.3) is 0 Å². The molecule has 0 bridgehead atoms. The van der Waals surface area contributed by atoms with Gasteiger partial charge in [0.15, 0.2) is 5.76 Å². The average molecular weight is 261 g/mol. The molecule has 3 rings (SSSR count). The van der Waals surface area contributed by atoms with Crippen LogP contribution in [0.25, 0.3) is 11.6 Å². The van der Waals surface area contributed by atoms with Crippen molar-refractivity contribution >= 4 is 0 Å². The van der Waals surface area contributed by atoms with Crippen molar-refractivity contribution in [3.63, 3.8) is 0 Å². The van der Waals surface area contributed by atoms with E-state index >= 15 is 0 Å². The maximum atomic E-state index is 5.71. The highest BCUT2D eigenvalue weighted by molar-refractivity contribution is 5.51. The van der Waals surface area contributed by atoms with Crippen molar-refractivity contribution in [1.82, 2.24) is 10.1 Å². The zero-order valence-corrected chi connectivity index (χ0v) is 11.1. The predicted octanol–water partition coefficient (Wildman–Crippen LogP) is 2.87. The molecule has 19 heavy (non-hydrogen) atoms. The van der Waals surface area contributed by atoms with E-state index in [0.29, 0.717) is 23.4 Å². The van der Waals surface area contributed by atoms with Gasteiger partial charge in [-0.25, -0.2) is 0 Å². The molecule has 0 aromatic carbocycles. The number of furan rings is 1. The number of nitrogens with two attached hydrogens (primary N) is 1. The largest absolute Gasteiger partial charge is 0.461 e. The van der Waals surface area contributed by atoms with E-state index in [1.165, 1.54) is 0 Å². The Morgan fingerprint density at radius 3 is 2.74 bits per heavy atom. The first-order chi connectivity index (χ1) is 9.28. The van der Waals surface area contributed by atoms with Gasteiger partial charge >= 0.3 is 0 Å². The van der Waals surface area contributed by atoms with Crippen LogP contribution in [0.4, 0.5) is 0 Å². The van der Waals surface area contributed by atoms with Crippen molar-refractivity contribution in [3.8, 4) is 11.6 Å². The molecule has 0 amide bonds. The second kappa shape index (κ2) is 5.17. The highest BCUT2D eigenvalue weighted by atomic mass is 16.5. The molecular formula is C14H19N3O2. The summed E-state index contributed by atoms with van der Waals surface area (Å²) < 4.78 is 10.8. The SMILES string of the molecule is Cc1ccoc1-c1noc(C2CCC(CN)CC2)n1. The van der Waals surface area contributed by atoms with Gasteiger partial charge in [-0.2, -0.15) is 4.98 Å². The summed E-state index contributed by atoms with van der Waals surface area (Å²) in [6, 6.07) is 1.90. The third kappa shape index (κ3) is 2.42. The van der Waals surface area contributed by atoms with Crippen molar-refractivity contribution in [2.45, 2.75) is 38.5 Å². The Hall–Kier alpha value is -1.62. The lowest BCUT2D eigenvalue weighted by molar-refractivity contribution is 0.274. The van der Waals surface area contributed by atoms with E-state index in [4.69, 9.17) is 14.7 Å². The number of hydrogen-bond acceptors (Lipinski definition) is 5. The van der Waals surface area contributed by atoms with Crippen LogP contribution in [0, 0.1) is 12.8 Å². The lowest BCUT2D eigenvalue weighted by Gasteiger charge is -2.24. The van der Waals surface area contributed by atoms with Crippen LogP contribution in [-0.4, -0.2) is 16.7 Å². The van der Waals surface area contributed by atoms with Gasteiger partial charge in [0.1, 0.15) is 0 Å². The number of aryl methyl sites for hydroxylation is 1. The van der Waals surface area contributed by atoms with E-state index in [1.807, 2.05) is 13.0 Å². The summed E-state index contributed by atoms with van der Waals surface area (Å²) in [5, 5.41) is 4.03. The Kier molecular flexibility index (Phi) is 3.38.